The summed E-state index contributed by atoms with van der Waals surface area (Å²) in [5.41, 5.74) is 7.94. The third kappa shape index (κ3) is 3.23. The first-order valence-electron chi connectivity index (χ1n) is 9.40. The minimum atomic E-state index is -0.437. The second kappa shape index (κ2) is 7.22. The lowest BCUT2D eigenvalue weighted by Crippen LogP contribution is -2.27. The highest BCUT2D eigenvalue weighted by molar-refractivity contribution is 6.33. The largest absolute Gasteiger partial charge is 0.373 e. The lowest BCUT2D eigenvalue weighted by atomic mass is 9.99. The zero-order valence-electron chi connectivity index (χ0n) is 16.0. The zero-order valence-corrected chi connectivity index (χ0v) is 16.8. The second-order valence-corrected chi connectivity index (χ2v) is 7.70. The standard InChI is InChI=1S/C19H18ClN7O3/c1-10-2-4-11(5-3-10)14-6-12(9-29-14)17-23-15(30-25-17)8-26-18(28)16-13(20)7-22-27(16)24-19(26)21/h2-5,7,12,14H,6,8-9H2,1H3,(H2,21,24)/t12-,14+/m0/s1. The average molecular weight is 428 g/mol. The summed E-state index contributed by atoms with van der Waals surface area (Å²) in [6.45, 7) is 2.53. The molecule has 4 heterocycles. The number of hydrogen-bond donors (Lipinski definition) is 1. The van der Waals surface area contributed by atoms with E-state index in [4.69, 9.17) is 26.6 Å². The highest BCUT2D eigenvalue weighted by atomic mass is 35.5. The van der Waals surface area contributed by atoms with Crippen LogP contribution in [0.1, 0.15) is 41.3 Å². The molecule has 0 saturated carbocycles. The maximum Gasteiger partial charge on any atom is 0.283 e. The van der Waals surface area contributed by atoms with Crippen molar-refractivity contribution >= 4 is 23.1 Å². The highest BCUT2D eigenvalue weighted by Gasteiger charge is 2.31. The van der Waals surface area contributed by atoms with Gasteiger partial charge in [0.25, 0.3) is 5.56 Å². The summed E-state index contributed by atoms with van der Waals surface area (Å²) in [5, 5.41) is 12.2. The van der Waals surface area contributed by atoms with Crippen LogP contribution < -0.4 is 11.3 Å². The number of ether oxygens (including phenoxy) is 1. The molecule has 0 unspecified atom stereocenters. The fourth-order valence-corrected chi connectivity index (χ4v) is 3.77. The number of halogens is 1. The Morgan fingerprint density at radius 1 is 1.30 bits per heavy atom. The lowest BCUT2D eigenvalue weighted by Gasteiger charge is -2.09. The molecular formula is C19H18ClN7O3. The van der Waals surface area contributed by atoms with Crippen LogP contribution in [-0.4, -0.2) is 36.1 Å². The van der Waals surface area contributed by atoms with Crippen molar-refractivity contribution in [1.29, 1.82) is 0 Å². The molecular weight excluding hydrogens is 410 g/mol. The maximum atomic E-state index is 12.7. The maximum absolute atomic E-state index is 12.7. The van der Waals surface area contributed by atoms with E-state index in [-0.39, 0.29) is 40.9 Å². The Morgan fingerprint density at radius 3 is 2.90 bits per heavy atom. The Hall–Kier alpha value is -3.24. The van der Waals surface area contributed by atoms with Gasteiger partial charge in [-0.15, -0.1) is 9.73 Å². The highest BCUT2D eigenvalue weighted by Crippen LogP contribution is 2.37. The number of anilines is 1. The van der Waals surface area contributed by atoms with E-state index in [2.05, 4.69) is 51.5 Å². The number of fused-ring (bicyclic) bond motifs is 1. The van der Waals surface area contributed by atoms with E-state index in [0.29, 0.717) is 12.4 Å². The Bertz CT molecular complexity index is 1280. The number of nitrogen functional groups attached to an aromatic ring is 1. The first-order valence-corrected chi connectivity index (χ1v) is 9.78. The monoisotopic (exact) mass is 427 g/mol. The van der Waals surface area contributed by atoms with Crippen LogP contribution in [0.25, 0.3) is 5.52 Å². The minimum absolute atomic E-state index is 0.00718. The van der Waals surface area contributed by atoms with E-state index in [9.17, 15) is 4.79 Å². The van der Waals surface area contributed by atoms with Gasteiger partial charge in [-0.05, 0) is 18.9 Å². The van der Waals surface area contributed by atoms with Crippen LogP contribution in [0.2, 0.25) is 5.02 Å². The van der Waals surface area contributed by atoms with E-state index >= 15 is 0 Å². The van der Waals surface area contributed by atoms with Gasteiger partial charge in [0, 0.05) is 5.92 Å². The number of nitrogens with two attached hydrogens (primary N) is 1. The minimum Gasteiger partial charge on any atom is -0.373 e. The molecule has 2 atom stereocenters. The van der Waals surface area contributed by atoms with Crippen molar-refractivity contribution in [2.24, 2.45) is 0 Å². The van der Waals surface area contributed by atoms with Gasteiger partial charge in [-0.2, -0.15) is 10.1 Å². The molecule has 5 rings (SSSR count). The molecule has 30 heavy (non-hydrogen) atoms. The van der Waals surface area contributed by atoms with Crippen LogP contribution in [0, 0.1) is 6.92 Å². The Kier molecular flexibility index (Phi) is 4.52. The number of aromatic nitrogens is 6. The van der Waals surface area contributed by atoms with Crippen LogP contribution in [0.3, 0.4) is 0 Å². The molecule has 1 fully saturated rings. The van der Waals surface area contributed by atoms with E-state index in [1.807, 2.05) is 0 Å². The third-order valence-corrected chi connectivity index (χ3v) is 5.49. The first kappa shape index (κ1) is 18.8. The molecule has 1 aromatic carbocycles. The van der Waals surface area contributed by atoms with Crippen LogP contribution in [-0.2, 0) is 11.3 Å². The van der Waals surface area contributed by atoms with Crippen molar-refractivity contribution in [1.82, 2.24) is 29.5 Å². The van der Waals surface area contributed by atoms with Gasteiger partial charge < -0.3 is 15.0 Å². The van der Waals surface area contributed by atoms with Gasteiger partial charge in [-0.25, -0.2) is 0 Å². The molecule has 2 N–H and O–H groups in total. The molecule has 11 heteroatoms. The van der Waals surface area contributed by atoms with Gasteiger partial charge in [0.1, 0.15) is 6.54 Å². The van der Waals surface area contributed by atoms with Gasteiger partial charge >= 0.3 is 0 Å². The number of benzene rings is 1. The van der Waals surface area contributed by atoms with Crippen molar-refractivity contribution in [3.05, 3.63) is 68.7 Å². The van der Waals surface area contributed by atoms with Crippen molar-refractivity contribution < 1.29 is 9.26 Å². The molecule has 0 spiro atoms. The summed E-state index contributed by atoms with van der Waals surface area (Å²) >= 11 is 6.03. The van der Waals surface area contributed by atoms with Crippen molar-refractivity contribution in [3.63, 3.8) is 0 Å². The average Bonchev–Trinajstić information content (AvgIpc) is 3.46. The predicted molar refractivity (Wildman–Crippen MR) is 107 cm³/mol. The molecule has 0 aliphatic carbocycles. The Morgan fingerprint density at radius 2 is 2.10 bits per heavy atom. The van der Waals surface area contributed by atoms with Gasteiger partial charge in [0.2, 0.25) is 11.8 Å². The summed E-state index contributed by atoms with van der Waals surface area (Å²) in [4.78, 5) is 17.2. The second-order valence-electron chi connectivity index (χ2n) is 7.29. The van der Waals surface area contributed by atoms with E-state index < -0.39 is 5.56 Å². The fraction of sp³-hybridized carbons (Fsp3) is 0.316. The smallest absolute Gasteiger partial charge is 0.283 e. The van der Waals surface area contributed by atoms with E-state index in [1.54, 1.807) is 0 Å². The Labute approximate surface area is 175 Å². The molecule has 3 aromatic heterocycles. The fourth-order valence-electron chi connectivity index (χ4n) is 3.57. The van der Waals surface area contributed by atoms with E-state index in [1.165, 1.54) is 16.3 Å². The summed E-state index contributed by atoms with van der Waals surface area (Å²) < 4.78 is 13.6. The number of rotatable bonds is 4. The lowest BCUT2D eigenvalue weighted by molar-refractivity contribution is 0.110. The molecule has 0 radical (unpaired) electrons. The molecule has 0 amide bonds. The van der Waals surface area contributed by atoms with Crippen molar-refractivity contribution in [2.75, 3.05) is 12.3 Å². The van der Waals surface area contributed by atoms with E-state index in [0.717, 1.165) is 16.6 Å². The van der Waals surface area contributed by atoms with Crippen molar-refractivity contribution in [3.8, 4) is 0 Å². The molecule has 154 valence electrons. The van der Waals surface area contributed by atoms with Crippen LogP contribution in [0.4, 0.5) is 5.95 Å². The number of aryl methyl sites for hydroxylation is 1. The molecule has 4 aromatic rings. The molecule has 1 saturated heterocycles. The normalized spacial score (nSPS) is 19.0. The molecule has 0 bridgehead atoms. The van der Waals surface area contributed by atoms with Crippen molar-refractivity contribution in [2.45, 2.75) is 31.9 Å². The summed E-state index contributed by atoms with van der Waals surface area (Å²) in [6, 6.07) is 8.28. The predicted octanol–water partition coefficient (Wildman–Crippen LogP) is 2.11. The SMILES string of the molecule is Cc1ccc([C@H]2C[C@H](c3noc(Cn4c(N)nn5ncc(Cl)c5c4=O)n3)CO2)cc1. The van der Waals surface area contributed by atoms with Crippen LogP contribution in [0.5, 0.6) is 0 Å². The van der Waals surface area contributed by atoms with Gasteiger partial charge in [-0.1, -0.05) is 46.6 Å². The van der Waals surface area contributed by atoms with Gasteiger partial charge in [0.05, 0.1) is 23.9 Å². The van der Waals surface area contributed by atoms with Crippen LogP contribution >= 0.6 is 11.6 Å². The molecule has 1 aliphatic heterocycles. The summed E-state index contributed by atoms with van der Waals surface area (Å²) in [7, 11) is 0. The molecule has 10 nitrogen and oxygen atoms in total. The van der Waals surface area contributed by atoms with Crippen LogP contribution in [0.15, 0.2) is 39.8 Å². The quantitative estimate of drug-likeness (QED) is 0.524. The molecule has 1 aliphatic rings. The van der Waals surface area contributed by atoms with Gasteiger partial charge in [0.15, 0.2) is 11.3 Å². The summed E-state index contributed by atoms with van der Waals surface area (Å²) in [5.74, 6) is 0.769. The zero-order chi connectivity index (χ0) is 20.8. The first-order chi connectivity index (χ1) is 14.5. The summed E-state index contributed by atoms with van der Waals surface area (Å²) in [6.07, 6.45) is 2.08. The third-order valence-electron chi connectivity index (χ3n) is 5.22. The topological polar surface area (TPSA) is 126 Å². The number of hydrogen-bond acceptors (Lipinski definition) is 8. The Balaban J connectivity index is 1.35. The van der Waals surface area contributed by atoms with Gasteiger partial charge in [-0.3, -0.25) is 9.36 Å². The number of nitrogens with zero attached hydrogens (tertiary/aromatic N) is 6.